The smallest absolute Gasteiger partial charge is 0.296 e. The van der Waals surface area contributed by atoms with E-state index in [4.69, 9.17) is 18.6 Å². The molecule has 8 heteroatoms. The predicted molar refractivity (Wildman–Crippen MR) is 128 cm³/mol. The van der Waals surface area contributed by atoms with Gasteiger partial charge in [-0.3, -0.25) is 9.59 Å². The van der Waals surface area contributed by atoms with Crippen molar-refractivity contribution in [3.63, 3.8) is 0 Å². The Bertz CT molecular complexity index is 1260. The van der Waals surface area contributed by atoms with Crippen LogP contribution in [0.5, 0.6) is 17.2 Å². The van der Waals surface area contributed by atoms with Crippen molar-refractivity contribution in [2.45, 2.75) is 12.6 Å². The highest BCUT2D eigenvalue weighted by Crippen LogP contribution is 2.42. The molecule has 0 saturated carbocycles. The number of aliphatic hydroxyl groups excluding tert-OH is 1. The summed E-state index contributed by atoms with van der Waals surface area (Å²) in [6, 6.07) is 14.2. The molecule has 3 aromatic rings. The summed E-state index contributed by atoms with van der Waals surface area (Å²) < 4.78 is 21.7. The van der Waals surface area contributed by atoms with Gasteiger partial charge < -0.3 is 28.6 Å². The summed E-state index contributed by atoms with van der Waals surface area (Å²) in [5, 5.41) is 11.2. The van der Waals surface area contributed by atoms with Gasteiger partial charge in [-0.15, -0.1) is 0 Å². The van der Waals surface area contributed by atoms with Gasteiger partial charge in [0.1, 0.15) is 23.9 Å². The van der Waals surface area contributed by atoms with Crippen LogP contribution in [0.25, 0.3) is 5.76 Å². The van der Waals surface area contributed by atoms with Crippen LogP contribution in [0, 0.1) is 0 Å². The predicted octanol–water partition coefficient (Wildman–Crippen LogP) is 4.48. The van der Waals surface area contributed by atoms with Gasteiger partial charge in [0.25, 0.3) is 11.7 Å². The average Bonchev–Trinajstić information content (AvgIpc) is 3.49. The number of benzene rings is 2. The number of rotatable bonds is 9. The first-order valence-corrected chi connectivity index (χ1v) is 10.8. The van der Waals surface area contributed by atoms with Gasteiger partial charge >= 0.3 is 0 Å². The molecule has 1 atom stereocenters. The molecule has 1 amide bonds. The Balaban J connectivity index is 1.82. The number of hydrogen-bond donors (Lipinski definition) is 1. The van der Waals surface area contributed by atoms with Crippen molar-refractivity contribution in [3.8, 4) is 17.2 Å². The van der Waals surface area contributed by atoms with Crippen LogP contribution in [0.1, 0.15) is 22.9 Å². The lowest BCUT2D eigenvalue weighted by Gasteiger charge is -2.25. The second-order valence-corrected chi connectivity index (χ2v) is 7.74. The second-order valence-electron chi connectivity index (χ2n) is 7.74. The minimum atomic E-state index is -0.878. The Morgan fingerprint density at radius 1 is 1.09 bits per heavy atom. The molecule has 1 aliphatic heterocycles. The fourth-order valence-corrected chi connectivity index (χ4v) is 4.00. The fraction of sp³-hybridized carbons (Fsp3) is 0.185. The van der Waals surface area contributed by atoms with Crippen LogP contribution in [0.4, 0.5) is 0 Å². The number of carbonyl (C=O) groups excluding carboxylic acids is 2. The summed E-state index contributed by atoms with van der Waals surface area (Å²) in [5.41, 5.74) is 0.909. The van der Waals surface area contributed by atoms with E-state index >= 15 is 0 Å². The highest BCUT2D eigenvalue weighted by molar-refractivity contribution is 6.46. The highest BCUT2D eigenvalue weighted by atomic mass is 16.5. The largest absolute Gasteiger partial charge is 0.507 e. The molecule has 0 aliphatic carbocycles. The van der Waals surface area contributed by atoms with E-state index in [0.29, 0.717) is 40.7 Å². The molecule has 1 aliphatic rings. The molecule has 1 aromatic heterocycles. The molecule has 1 saturated heterocycles. The number of amides is 1. The molecule has 35 heavy (non-hydrogen) atoms. The molecule has 2 aromatic carbocycles. The number of aliphatic hydroxyl groups is 1. The number of furan rings is 1. The van der Waals surface area contributed by atoms with Crippen LogP contribution in [-0.4, -0.2) is 42.5 Å². The molecular formula is C27H25NO7. The van der Waals surface area contributed by atoms with Crippen LogP contribution in [0.15, 0.2) is 83.5 Å². The van der Waals surface area contributed by atoms with E-state index in [9.17, 15) is 14.7 Å². The van der Waals surface area contributed by atoms with E-state index in [1.54, 1.807) is 60.7 Å². The molecule has 4 rings (SSSR count). The molecule has 0 radical (unpaired) electrons. The third-order valence-electron chi connectivity index (χ3n) is 5.67. The lowest BCUT2D eigenvalue weighted by molar-refractivity contribution is -0.140. The SMILES string of the molecule is C=CCOc1ccc(/C(O)=C2/C(=O)C(=O)N(Cc3ccco3)C2c2ccc(OC)c(OC)c2)cc1. The van der Waals surface area contributed by atoms with Crippen LogP contribution in [0.2, 0.25) is 0 Å². The zero-order valence-corrected chi connectivity index (χ0v) is 19.4. The molecule has 0 bridgehead atoms. The summed E-state index contributed by atoms with van der Waals surface area (Å²) in [6.07, 6.45) is 3.12. The van der Waals surface area contributed by atoms with Crippen molar-refractivity contribution < 1.29 is 33.3 Å². The van der Waals surface area contributed by atoms with Gasteiger partial charge in [0.05, 0.1) is 38.6 Å². The number of carbonyl (C=O) groups is 2. The maximum atomic E-state index is 13.2. The van der Waals surface area contributed by atoms with Gasteiger partial charge in [0, 0.05) is 5.56 Å². The van der Waals surface area contributed by atoms with E-state index in [-0.39, 0.29) is 17.9 Å². The van der Waals surface area contributed by atoms with E-state index in [1.807, 2.05) is 0 Å². The van der Waals surface area contributed by atoms with Crippen molar-refractivity contribution in [3.05, 3.63) is 96.0 Å². The number of likely N-dealkylation sites (tertiary alicyclic amines) is 1. The van der Waals surface area contributed by atoms with E-state index in [1.165, 1.54) is 25.4 Å². The van der Waals surface area contributed by atoms with Gasteiger partial charge in [0.2, 0.25) is 0 Å². The van der Waals surface area contributed by atoms with Crippen LogP contribution in [0.3, 0.4) is 0 Å². The second kappa shape index (κ2) is 10.2. The molecular weight excluding hydrogens is 450 g/mol. The summed E-state index contributed by atoms with van der Waals surface area (Å²) in [7, 11) is 3.01. The van der Waals surface area contributed by atoms with E-state index in [2.05, 4.69) is 6.58 Å². The number of nitrogens with zero attached hydrogens (tertiary/aromatic N) is 1. The van der Waals surface area contributed by atoms with Gasteiger partial charge in [-0.2, -0.15) is 0 Å². The Labute approximate surface area is 202 Å². The molecule has 0 spiro atoms. The molecule has 1 fully saturated rings. The fourth-order valence-electron chi connectivity index (χ4n) is 4.00. The topological polar surface area (TPSA) is 98.4 Å². The summed E-state index contributed by atoms with van der Waals surface area (Å²) in [6.45, 7) is 3.99. The average molecular weight is 475 g/mol. The maximum absolute atomic E-state index is 13.2. The Kier molecular flexibility index (Phi) is 6.91. The number of ketones is 1. The molecule has 8 nitrogen and oxygen atoms in total. The van der Waals surface area contributed by atoms with Crippen molar-refractivity contribution in [2.75, 3.05) is 20.8 Å². The monoisotopic (exact) mass is 475 g/mol. The van der Waals surface area contributed by atoms with Gasteiger partial charge in [-0.05, 0) is 54.1 Å². The normalized spacial score (nSPS) is 16.9. The van der Waals surface area contributed by atoms with Crippen molar-refractivity contribution in [1.29, 1.82) is 0 Å². The van der Waals surface area contributed by atoms with Crippen molar-refractivity contribution in [1.82, 2.24) is 4.90 Å². The molecule has 2 heterocycles. The Morgan fingerprint density at radius 2 is 1.83 bits per heavy atom. The maximum Gasteiger partial charge on any atom is 0.296 e. The molecule has 1 N–H and O–H groups in total. The van der Waals surface area contributed by atoms with Crippen molar-refractivity contribution >= 4 is 17.4 Å². The van der Waals surface area contributed by atoms with Crippen LogP contribution < -0.4 is 14.2 Å². The lowest BCUT2D eigenvalue weighted by Crippen LogP contribution is -2.29. The van der Waals surface area contributed by atoms with Crippen LogP contribution in [-0.2, 0) is 16.1 Å². The van der Waals surface area contributed by atoms with E-state index < -0.39 is 17.7 Å². The Hall–Kier alpha value is -4.46. The summed E-state index contributed by atoms with van der Waals surface area (Å²) >= 11 is 0. The van der Waals surface area contributed by atoms with Gasteiger partial charge in [-0.1, -0.05) is 18.7 Å². The number of methoxy groups -OCH3 is 2. The minimum absolute atomic E-state index is 0.0338. The van der Waals surface area contributed by atoms with E-state index in [0.717, 1.165) is 0 Å². The van der Waals surface area contributed by atoms with Gasteiger partial charge in [-0.25, -0.2) is 0 Å². The zero-order valence-electron chi connectivity index (χ0n) is 19.4. The van der Waals surface area contributed by atoms with Crippen molar-refractivity contribution in [2.24, 2.45) is 0 Å². The minimum Gasteiger partial charge on any atom is -0.507 e. The summed E-state index contributed by atoms with van der Waals surface area (Å²) in [5.74, 6) is 0.179. The first-order valence-electron chi connectivity index (χ1n) is 10.8. The number of Topliss-reactive ketones (excluding diaryl/α,β-unsaturated/α-hetero) is 1. The quantitative estimate of drug-likeness (QED) is 0.211. The first kappa shape index (κ1) is 23.7. The highest BCUT2D eigenvalue weighted by Gasteiger charge is 2.46. The third kappa shape index (κ3) is 4.63. The third-order valence-corrected chi connectivity index (χ3v) is 5.67. The standard InChI is InChI=1S/C27H25NO7/c1-4-13-34-19-10-7-17(8-11-19)25(29)23-24(18-9-12-21(32-2)22(15-18)33-3)28(27(31)26(23)30)16-20-6-5-14-35-20/h4-12,14-15,24,29H,1,13,16H2,2-3H3/b25-23-. The lowest BCUT2D eigenvalue weighted by atomic mass is 9.95. The molecule has 180 valence electrons. The summed E-state index contributed by atoms with van der Waals surface area (Å²) in [4.78, 5) is 27.7. The first-order chi connectivity index (χ1) is 17.0. The Morgan fingerprint density at radius 3 is 2.46 bits per heavy atom. The molecule has 1 unspecified atom stereocenters. The van der Waals surface area contributed by atoms with Gasteiger partial charge in [0.15, 0.2) is 11.5 Å². The van der Waals surface area contributed by atoms with Crippen LogP contribution >= 0.6 is 0 Å². The zero-order chi connectivity index (χ0) is 24.9. The number of ether oxygens (including phenoxy) is 3. The number of hydrogen-bond acceptors (Lipinski definition) is 7.